The summed E-state index contributed by atoms with van der Waals surface area (Å²) in [6, 6.07) is 4.63. The maximum Gasteiger partial charge on any atom is 0.335 e. The van der Waals surface area contributed by atoms with E-state index < -0.39 is 5.97 Å². The first-order chi connectivity index (χ1) is 9.56. The van der Waals surface area contributed by atoms with Crippen LogP contribution in [0.3, 0.4) is 0 Å². The van der Waals surface area contributed by atoms with Gasteiger partial charge in [0.15, 0.2) is 0 Å². The van der Waals surface area contributed by atoms with Crippen molar-refractivity contribution in [3.8, 4) is 0 Å². The quantitative estimate of drug-likeness (QED) is 0.780. The summed E-state index contributed by atoms with van der Waals surface area (Å²) in [5.74, 6) is -1.28. The summed E-state index contributed by atoms with van der Waals surface area (Å²) in [7, 11) is 0. The molecule has 0 aliphatic heterocycles. The standard InChI is InChI=1S/C14H17ClN2O3/c15-11-6-5-9(14(19)20)7-12(11)17-13(18)8-16-10-3-1-2-4-10/h5-7,10,16H,1-4,8H2,(H,17,18)(H,19,20). The van der Waals surface area contributed by atoms with Gasteiger partial charge in [-0.1, -0.05) is 24.4 Å². The molecule has 0 aromatic heterocycles. The first kappa shape index (κ1) is 14.8. The molecular formula is C14H17ClN2O3. The van der Waals surface area contributed by atoms with Crippen LogP contribution in [0.15, 0.2) is 18.2 Å². The number of halogens is 1. The van der Waals surface area contributed by atoms with E-state index in [-0.39, 0.29) is 18.0 Å². The Labute approximate surface area is 122 Å². The summed E-state index contributed by atoms with van der Waals surface area (Å²) >= 11 is 5.94. The van der Waals surface area contributed by atoms with Crippen molar-refractivity contribution >= 4 is 29.2 Å². The van der Waals surface area contributed by atoms with Gasteiger partial charge in [0.2, 0.25) is 5.91 Å². The molecular weight excluding hydrogens is 280 g/mol. The smallest absolute Gasteiger partial charge is 0.335 e. The lowest BCUT2D eigenvalue weighted by Gasteiger charge is -2.12. The molecule has 0 bridgehead atoms. The molecule has 0 spiro atoms. The van der Waals surface area contributed by atoms with Gasteiger partial charge in [0.1, 0.15) is 0 Å². The number of carboxylic acid groups (broad SMARTS) is 1. The minimum atomic E-state index is -1.05. The van der Waals surface area contributed by atoms with Gasteiger partial charge >= 0.3 is 5.97 Å². The van der Waals surface area contributed by atoms with E-state index in [9.17, 15) is 9.59 Å². The number of carbonyl (C=O) groups is 2. The van der Waals surface area contributed by atoms with Crippen molar-refractivity contribution in [1.29, 1.82) is 0 Å². The molecule has 0 unspecified atom stereocenters. The minimum Gasteiger partial charge on any atom is -0.478 e. The summed E-state index contributed by atoms with van der Waals surface area (Å²) in [4.78, 5) is 22.7. The molecule has 1 aromatic rings. The Balaban J connectivity index is 1.92. The molecule has 1 amide bonds. The van der Waals surface area contributed by atoms with Crippen molar-refractivity contribution in [3.05, 3.63) is 28.8 Å². The third-order valence-corrected chi connectivity index (χ3v) is 3.72. The fraction of sp³-hybridized carbons (Fsp3) is 0.429. The van der Waals surface area contributed by atoms with Gasteiger partial charge in [-0.3, -0.25) is 4.79 Å². The van der Waals surface area contributed by atoms with Crippen molar-refractivity contribution in [3.63, 3.8) is 0 Å². The number of nitrogens with one attached hydrogen (secondary N) is 2. The summed E-state index contributed by atoms with van der Waals surface area (Å²) in [5, 5.41) is 15.1. The van der Waals surface area contributed by atoms with E-state index in [1.54, 1.807) is 0 Å². The second-order valence-corrected chi connectivity index (χ2v) is 5.32. The molecule has 2 rings (SSSR count). The van der Waals surface area contributed by atoms with E-state index >= 15 is 0 Å². The Morgan fingerprint density at radius 1 is 1.30 bits per heavy atom. The summed E-state index contributed by atoms with van der Waals surface area (Å²) in [6.07, 6.45) is 4.60. The molecule has 5 nitrogen and oxygen atoms in total. The molecule has 0 saturated heterocycles. The fourth-order valence-electron chi connectivity index (χ4n) is 2.32. The van der Waals surface area contributed by atoms with Gasteiger partial charge in [-0.2, -0.15) is 0 Å². The summed E-state index contributed by atoms with van der Waals surface area (Å²) < 4.78 is 0. The molecule has 1 aromatic carbocycles. The van der Waals surface area contributed by atoms with Crippen LogP contribution in [0.1, 0.15) is 36.0 Å². The van der Waals surface area contributed by atoms with E-state index in [2.05, 4.69) is 10.6 Å². The normalized spacial score (nSPS) is 15.2. The molecule has 20 heavy (non-hydrogen) atoms. The van der Waals surface area contributed by atoms with Gasteiger partial charge < -0.3 is 15.7 Å². The van der Waals surface area contributed by atoms with Crippen molar-refractivity contribution in [2.45, 2.75) is 31.7 Å². The van der Waals surface area contributed by atoms with Crippen LogP contribution in [-0.4, -0.2) is 29.6 Å². The van der Waals surface area contributed by atoms with Crippen LogP contribution in [0.25, 0.3) is 0 Å². The number of carboxylic acids is 1. The van der Waals surface area contributed by atoms with Crippen LogP contribution in [-0.2, 0) is 4.79 Å². The highest BCUT2D eigenvalue weighted by atomic mass is 35.5. The number of rotatable bonds is 5. The van der Waals surface area contributed by atoms with E-state index in [0.29, 0.717) is 16.8 Å². The van der Waals surface area contributed by atoms with Gasteiger partial charge in [0, 0.05) is 6.04 Å². The Hall–Kier alpha value is -1.59. The Morgan fingerprint density at radius 3 is 2.65 bits per heavy atom. The number of hydrogen-bond donors (Lipinski definition) is 3. The van der Waals surface area contributed by atoms with Gasteiger partial charge in [-0.25, -0.2) is 4.79 Å². The largest absolute Gasteiger partial charge is 0.478 e. The third kappa shape index (κ3) is 3.95. The van der Waals surface area contributed by atoms with Gasteiger partial charge in [0.05, 0.1) is 22.8 Å². The van der Waals surface area contributed by atoms with E-state index in [1.165, 1.54) is 31.0 Å². The van der Waals surface area contributed by atoms with Crippen LogP contribution in [0, 0.1) is 0 Å². The SMILES string of the molecule is O=C(CNC1CCCC1)Nc1cc(C(=O)O)ccc1Cl. The average molecular weight is 297 g/mol. The van der Waals surface area contributed by atoms with Crippen LogP contribution in [0.2, 0.25) is 5.02 Å². The maximum atomic E-state index is 11.8. The second kappa shape index (κ2) is 6.72. The highest BCUT2D eigenvalue weighted by Crippen LogP contribution is 2.23. The number of anilines is 1. The monoisotopic (exact) mass is 296 g/mol. The van der Waals surface area contributed by atoms with E-state index in [4.69, 9.17) is 16.7 Å². The molecule has 1 fully saturated rings. The van der Waals surface area contributed by atoms with Crippen molar-refractivity contribution in [2.24, 2.45) is 0 Å². The van der Waals surface area contributed by atoms with E-state index in [1.807, 2.05) is 0 Å². The molecule has 1 aliphatic carbocycles. The molecule has 6 heteroatoms. The number of benzene rings is 1. The highest BCUT2D eigenvalue weighted by molar-refractivity contribution is 6.33. The zero-order chi connectivity index (χ0) is 14.5. The van der Waals surface area contributed by atoms with Gasteiger partial charge in [0.25, 0.3) is 0 Å². The molecule has 108 valence electrons. The lowest BCUT2D eigenvalue weighted by atomic mass is 10.2. The summed E-state index contributed by atoms with van der Waals surface area (Å²) in [6.45, 7) is 0.207. The molecule has 0 atom stereocenters. The molecule has 3 N–H and O–H groups in total. The predicted octanol–water partition coefficient (Wildman–Crippen LogP) is 2.51. The molecule has 1 saturated carbocycles. The highest BCUT2D eigenvalue weighted by Gasteiger charge is 2.16. The van der Waals surface area contributed by atoms with Gasteiger partial charge in [-0.05, 0) is 31.0 Å². The van der Waals surface area contributed by atoms with Crippen molar-refractivity contribution in [1.82, 2.24) is 5.32 Å². The van der Waals surface area contributed by atoms with Gasteiger partial charge in [-0.15, -0.1) is 0 Å². The Morgan fingerprint density at radius 2 is 2.00 bits per heavy atom. The molecule has 0 heterocycles. The van der Waals surface area contributed by atoms with Crippen LogP contribution in [0.4, 0.5) is 5.69 Å². The molecule has 1 aliphatic rings. The van der Waals surface area contributed by atoms with Crippen molar-refractivity contribution in [2.75, 3.05) is 11.9 Å². The lowest BCUT2D eigenvalue weighted by molar-refractivity contribution is -0.115. The van der Waals surface area contributed by atoms with Crippen LogP contribution >= 0.6 is 11.6 Å². The zero-order valence-electron chi connectivity index (χ0n) is 11.0. The second-order valence-electron chi connectivity index (χ2n) is 4.91. The summed E-state index contributed by atoms with van der Waals surface area (Å²) in [5.41, 5.74) is 0.415. The number of amides is 1. The van der Waals surface area contributed by atoms with E-state index in [0.717, 1.165) is 12.8 Å². The molecule has 0 radical (unpaired) electrons. The lowest BCUT2D eigenvalue weighted by Crippen LogP contribution is -2.34. The Bertz CT molecular complexity index is 513. The average Bonchev–Trinajstić information content (AvgIpc) is 2.92. The number of aromatic carboxylic acids is 1. The van der Waals surface area contributed by atoms with Crippen LogP contribution < -0.4 is 10.6 Å². The number of hydrogen-bond acceptors (Lipinski definition) is 3. The van der Waals surface area contributed by atoms with Crippen LogP contribution in [0.5, 0.6) is 0 Å². The van der Waals surface area contributed by atoms with Crippen molar-refractivity contribution < 1.29 is 14.7 Å². The topological polar surface area (TPSA) is 78.4 Å². The fourth-order valence-corrected chi connectivity index (χ4v) is 2.48. The Kier molecular flexibility index (Phi) is 4.98. The number of carbonyl (C=O) groups excluding carboxylic acids is 1. The zero-order valence-corrected chi connectivity index (χ0v) is 11.7. The minimum absolute atomic E-state index is 0.0912. The third-order valence-electron chi connectivity index (χ3n) is 3.39. The first-order valence-corrected chi connectivity index (χ1v) is 7.00. The first-order valence-electron chi connectivity index (χ1n) is 6.62. The predicted molar refractivity (Wildman–Crippen MR) is 77.3 cm³/mol. The maximum absolute atomic E-state index is 11.8.